The number of ether oxygens (including phenoxy) is 1. The molecule has 1 amide bonds. The van der Waals surface area contributed by atoms with Crippen LogP contribution in [0.1, 0.15) is 16.8 Å². The van der Waals surface area contributed by atoms with Crippen LogP contribution in [0.2, 0.25) is 0 Å². The predicted octanol–water partition coefficient (Wildman–Crippen LogP) is 3.40. The van der Waals surface area contributed by atoms with Crippen molar-refractivity contribution in [3.63, 3.8) is 0 Å². The number of nitrogens with one attached hydrogen (secondary N) is 1. The zero-order valence-corrected chi connectivity index (χ0v) is 17.4. The van der Waals surface area contributed by atoms with Gasteiger partial charge in [0.25, 0.3) is 5.91 Å². The molecule has 1 atom stereocenters. The summed E-state index contributed by atoms with van der Waals surface area (Å²) >= 11 is 0. The summed E-state index contributed by atoms with van der Waals surface area (Å²) in [4.78, 5) is 15.2. The van der Waals surface area contributed by atoms with Crippen LogP contribution in [0.5, 0.6) is 5.75 Å². The molecule has 1 aliphatic rings. The van der Waals surface area contributed by atoms with Crippen molar-refractivity contribution in [2.24, 2.45) is 0 Å². The largest absolute Gasteiger partial charge is 0.496 e. The van der Waals surface area contributed by atoms with Crippen LogP contribution in [0.4, 0.5) is 0 Å². The average Bonchev–Trinajstić information content (AvgIpc) is 3.43. The first kappa shape index (κ1) is 20.9. The monoisotopic (exact) mass is 412 g/mol. The van der Waals surface area contributed by atoms with Gasteiger partial charge in [-0.2, -0.15) is 5.10 Å². The Bertz CT molecular complexity index is 968. The van der Waals surface area contributed by atoms with Crippen LogP contribution in [0.25, 0.3) is 16.9 Å². The molecule has 1 saturated heterocycles. The number of aromatic nitrogens is 2. The number of nitrogens with zero attached hydrogens (tertiary/aromatic N) is 3. The molecule has 152 valence electrons. The number of rotatable bonds is 5. The molecule has 3 aromatic rings. The maximum absolute atomic E-state index is 13.4. The lowest BCUT2D eigenvalue weighted by Gasteiger charge is -2.23. The lowest BCUT2D eigenvalue weighted by atomic mass is 10.1. The van der Waals surface area contributed by atoms with Gasteiger partial charge in [-0.3, -0.25) is 4.79 Å². The summed E-state index contributed by atoms with van der Waals surface area (Å²) in [7, 11) is 3.50. The average molecular weight is 413 g/mol. The fraction of sp³-hybridized carbons (Fsp3) is 0.273. The molecule has 6 nitrogen and oxygen atoms in total. The van der Waals surface area contributed by atoms with Crippen molar-refractivity contribution in [3.8, 4) is 22.7 Å². The second kappa shape index (κ2) is 9.11. The molecule has 2 aromatic carbocycles. The molecule has 1 fully saturated rings. The summed E-state index contributed by atoms with van der Waals surface area (Å²) in [6, 6.07) is 17.7. The van der Waals surface area contributed by atoms with Crippen LogP contribution in [0, 0.1) is 0 Å². The van der Waals surface area contributed by atoms with Gasteiger partial charge in [0, 0.05) is 31.4 Å². The predicted molar refractivity (Wildman–Crippen MR) is 116 cm³/mol. The highest BCUT2D eigenvalue weighted by molar-refractivity contribution is 6.00. The third-order valence-electron chi connectivity index (χ3n) is 5.23. The van der Waals surface area contributed by atoms with Gasteiger partial charge >= 0.3 is 0 Å². The standard InChI is InChI=1S/C22H24N4O2.ClH/c1-25(17-12-13-23-14-17)22(27)19-15-26(16-8-4-3-5-9-16)24-21(19)18-10-6-7-11-20(18)28-2;/h3-11,15,17,23H,12-14H2,1-2H3;1H. The van der Waals surface area contributed by atoms with Gasteiger partial charge in [-0.15, -0.1) is 12.4 Å². The van der Waals surface area contributed by atoms with E-state index in [4.69, 9.17) is 9.84 Å². The highest BCUT2D eigenvalue weighted by Gasteiger charge is 2.28. The molecule has 1 aliphatic heterocycles. The van der Waals surface area contributed by atoms with E-state index in [-0.39, 0.29) is 24.4 Å². The van der Waals surface area contributed by atoms with Crippen molar-refractivity contribution in [1.29, 1.82) is 0 Å². The molecule has 0 saturated carbocycles. The molecular formula is C22H25ClN4O2. The topological polar surface area (TPSA) is 59.4 Å². The Labute approximate surface area is 176 Å². The number of hydrogen-bond acceptors (Lipinski definition) is 4. The number of carbonyl (C=O) groups is 1. The molecule has 4 rings (SSSR count). The number of halogens is 1. The smallest absolute Gasteiger partial charge is 0.257 e. The molecule has 1 unspecified atom stereocenters. The molecule has 29 heavy (non-hydrogen) atoms. The summed E-state index contributed by atoms with van der Waals surface area (Å²) in [6.45, 7) is 1.75. The van der Waals surface area contributed by atoms with E-state index in [1.165, 1.54) is 0 Å². The second-order valence-corrected chi connectivity index (χ2v) is 6.93. The van der Waals surface area contributed by atoms with E-state index < -0.39 is 0 Å². The molecule has 1 N–H and O–H groups in total. The Morgan fingerprint density at radius 3 is 2.59 bits per heavy atom. The van der Waals surface area contributed by atoms with E-state index >= 15 is 0 Å². The van der Waals surface area contributed by atoms with Crippen molar-refractivity contribution in [2.45, 2.75) is 12.5 Å². The van der Waals surface area contributed by atoms with Gasteiger partial charge in [-0.05, 0) is 37.2 Å². The van der Waals surface area contributed by atoms with Crippen molar-refractivity contribution >= 4 is 18.3 Å². The lowest BCUT2D eigenvalue weighted by Crippen LogP contribution is -2.38. The zero-order chi connectivity index (χ0) is 19.5. The first-order chi connectivity index (χ1) is 13.7. The fourth-order valence-corrected chi connectivity index (χ4v) is 3.61. The van der Waals surface area contributed by atoms with E-state index in [0.29, 0.717) is 17.0 Å². The maximum atomic E-state index is 13.4. The second-order valence-electron chi connectivity index (χ2n) is 6.93. The molecular weight excluding hydrogens is 388 g/mol. The van der Waals surface area contributed by atoms with Crippen LogP contribution in [0.3, 0.4) is 0 Å². The van der Waals surface area contributed by atoms with Crippen molar-refractivity contribution in [2.75, 3.05) is 27.2 Å². The van der Waals surface area contributed by atoms with Crippen LogP contribution >= 0.6 is 12.4 Å². The highest BCUT2D eigenvalue weighted by atomic mass is 35.5. The van der Waals surface area contributed by atoms with Crippen molar-refractivity contribution in [3.05, 3.63) is 66.4 Å². The lowest BCUT2D eigenvalue weighted by molar-refractivity contribution is 0.0744. The fourth-order valence-electron chi connectivity index (χ4n) is 3.61. The summed E-state index contributed by atoms with van der Waals surface area (Å²) < 4.78 is 7.29. The molecule has 1 aromatic heterocycles. The molecule has 0 radical (unpaired) electrons. The molecule has 2 heterocycles. The van der Waals surface area contributed by atoms with Gasteiger partial charge in [0.15, 0.2) is 0 Å². The quantitative estimate of drug-likeness (QED) is 0.697. The Morgan fingerprint density at radius 1 is 1.17 bits per heavy atom. The number of benzene rings is 2. The van der Waals surface area contributed by atoms with Crippen molar-refractivity contribution < 1.29 is 9.53 Å². The highest BCUT2D eigenvalue weighted by Crippen LogP contribution is 2.32. The molecule has 0 aliphatic carbocycles. The maximum Gasteiger partial charge on any atom is 0.257 e. The van der Waals surface area contributed by atoms with Gasteiger partial charge in [0.05, 0.1) is 18.4 Å². The van der Waals surface area contributed by atoms with Gasteiger partial charge in [-0.25, -0.2) is 4.68 Å². The number of para-hydroxylation sites is 2. The van der Waals surface area contributed by atoms with Crippen LogP contribution < -0.4 is 10.1 Å². The van der Waals surface area contributed by atoms with E-state index in [9.17, 15) is 4.79 Å². The van der Waals surface area contributed by atoms with Crippen molar-refractivity contribution in [1.82, 2.24) is 20.0 Å². The molecule has 0 spiro atoms. The number of methoxy groups -OCH3 is 1. The molecule has 0 bridgehead atoms. The number of likely N-dealkylation sites (N-methyl/N-ethyl adjacent to an activating group) is 1. The van der Waals surface area contributed by atoms with Gasteiger partial charge in [-0.1, -0.05) is 30.3 Å². The number of carbonyl (C=O) groups excluding carboxylic acids is 1. The number of hydrogen-bond donors (Lipinski definition) is 1. The summed E-state index contributed by atoms with van der Waals surface area (Å²) in [5.41, 5.74) is 2.91. The third-order valence-corrected chi connectivity index (χ3v) is 5.23. The SMILES string of the molecule is COc1ccccc1-c1nn(-c2ccccc2)cc1C(=O)N(C)C1CCNC1.Cl. The van der Waals surface area contributed by atoms with Crippen LogP contribution in [-0.2, 0) is 0 Å². The minimum atomic E-state index is -0.0308. The number of amides is 1. The normalized spacial score (nSPS) is 15.6. The summed E-state index contributed by atoms with van der Waals surface area (Å²) in [5, 5.41) is 8.08. The minimum absolute atomic E-state index is 0. The van der Waals surface area contributed by atoms with Crippen LogP contribution in [0.15, 0.2) is 60.8 Å². The third kappa shape index (κ3) is 4.13. The van der Waals surface area contributed by atoms with Gasteiger partial charge in [0.2, 0.25) is 0 Å². The summed E-state index contributed by atoms with van der Waals surface area (Å²) in [5.74, 6) is 0.664. The summed E-state index contributed by atoms with van der Waals surface area (Å²) in [6.07, 6.45) is 2.78. The van der Waals surface area contributed by atoms with Gasteiger partial charge < -0.3 is 15.0 Å². The van der Waals surface area contributed by atoms with E-state index in [1.807, 2.05) is 72.7 Å². The first-order valence-corrected chi connectivity index (χ1v) is 9.45. The first-order valence-electron chi connectivity index (χ1n) is 9.45. The Morgan fingerprint density at radius 2 is 1.90 bits per heavy atom. The minimum Gasteiger partial charge on any atom is -0.496 e. The van der Waals surface area contributed by atoms with Gasteiger partial charge in [0.1, 0.15) is 11.4 Å². The van der Waals surface area contributed by atoms with E-state index in [2.05, 4.69) is 5.32 Å². The Balaban J connectivity index is 0.00000240. The Kier molecular flexibility index (Phi) is 6.56. The Hall–Kier alpha value is -2.83. The van der Waals surface area contributed by atoms with E-state index in [0.717, 1.165) is 30.8 Å². The van der Waals surface area contributed by atoms with E-state index in [1.54, 1.807) is 11.8 Å². The molecule has 7 heteroatoms. The zero-order valence-electron chi connectivity index (χ0n) is 16.5. The van der Waals surface area contributed by atoms with Crippen LogP contribution in [-0.4, -0.2) is 53.9 Å².